The van der Waals surface area contributed by atoms with Crippen molar-refractivity contribution < 1.29 is 9.53 Å². The van der Waals surface area contributed by atoms with Crippen LogP contribution >= 0.6 is 11.6 Å². The standard InChI is InChI=1S/C13H16ClNO2/c1-9(6-14)15(2)13(16)10-3-4-11-7-17-8-12(11)5-10/h3-5,9H,6-8H2,1-2H3. The smallest absolute Gasteiger partial charge is 0.253 e. The van der Waals surface area contributed by atoms with Crippen molar-refractivity contribution in [1.82, 2.24) is 4.90 Å². The molecular formula is C13H16ClNO2. The van der Waals surface area contributed by atoms with Gasteiger partial charge in [0.05, 0.1) is 13.2 Å². The number of carbonyl (C=O) groups excluding carboxylic acids is 1. The highest BCUT2D eigenvalue weighted by Crippen LogP contribution is 2.21. The maximum absolute atomic E-state index is 12.2. The predicted octanol–water partition coefficient (Wildman–Crippen LogP) is 2.42. The molecule has 0 saturated carbocycles. The van der Waals surface area contributed by atoms with Crippen molar-refractivity contribution in [2.75, 3.05) is 12.9 Å². The molecule has 0 aromatic heterocycles. The highest BCUT2D eigenvalue weighted by atomic mass is 35.5. The van der Waals surface area contributed by atoms with Crippen molar-refractivity contribution in [2.45, 2.75) is 26.2 Å². The van der Waals surface area contributed by atoms with Gasteiger partial charge in [0, 0.05) is 24.5 Å². The molecule has 92 valence electrons. The largest absolute Gasteiger partial charge is 0.372 e. The molecule has 0 spiro atoms. The lowest BCUT2D eigenvalue weighted by atomic mass is 10.1. The Kier molecular flexibility index (Phi) is 3.69. The van der Waals surface area contributed by atoms with Crippen molar-refractivity contribution in [3.63, 3.8) is 0 Å². The van der Waals surface area contributed by atoms with Crippen LogP contribution in [0.1, 0.15) is 28.4 Å². The molecule has 1 aliphatic heterocycles. The number of amides is 1. The van der Waals surface area contributed by atoms with Crippen LogP contribution in [-0.2, 0) is 18.0 Å². The van der Waals surface area contributed by atoms with Gasteiger partial charge in [-0.3, -0.25) is 4.79 Å². The molecule has 17 heavy (non-hydrogen) atoms. The third-order valence-electron chi connectivity index (χ3n) is 3.17. The summed E-state index contributed by atoms with van der Waals surface area (Å²) < 4.78 is 5.33. The van der Waals surface area contributed by atoms with E-state index in [0.717, 1.165) is 5.56 Å². The zero-order valence-electron chi connectivity index (χ0n) is 10.1. The Morgan fingerprint density at radius 2 is 2.18 bits per heavy atom. The predicted molar refractivity (Wildman–Crippen MR) is 67.2 cm³/mol. The summed E-state index contributed by atoms with van der Waals surface area (Å²) in [6, 6.07) is 5.78. The van der Waals surface area contributed by atoms with Crippen molar-refractivity contribution in [3.05, 3.63) is 34.9 Å². The average molecular weight is 254 g/mol. The molecular weight excluding hydrogens is 238 g/mol. The Morgan fingerprint density at radius 1 is 1.47 bits per heavy atom. The molecule has 1 amide bonds. The maximum Gasteiger partial charge on any atom is 0.253 e. The number of fused-ring (bicyclic) bond motifs is 1. The fourth-order valence-electron chi connectivity index (χ4n) is 1.81. The molecule has 0 fully saturated rings. The summed E-state index contributed by atoms with van der Waals surface area (Å²) in [5, 5.41) is 0. The SMILES string of the molecule is CC(CCl)N(C)C(=O)c1ccc2c(c1)COC2. The summed E-state index contributed by atoms with van der Waals surface area (Å²) in [6.45, 7) is 3.18. The van der Waals surface area contributed by atoms with Crippen molar-refractivity contribution in [2.24, 2.45) is 0 Å². The molecule has 1 atom stereocenters. The van der Waals surface area contributed by atoms with Gasteiger partial charge < -0.3 is 9.64 Å². The molecule has 4 heteroatoms. The fraction of sp³-hybridized carbons (Fsp3) is 0.462. The number of rotatable bonds is 3. The van der Waals surface area contributed by atoms with Gasteiger partial charge in [-0.15, -0.1) is 11.6 Å². The number of hydrogen-bond acceptors (Lipinski definition) is 2. The first kappa shape index (κ1) is 12.4. The van der Waals surface area contributed by atoms with E-state index in [1.54, 1.807) is 11.9 Å². The lowest BCUT2D eigenvalue weighted by Gasteiger charge is -2.23. The van der Waals surface area contributed by atoms with Gasteiger partial charge in [-0.25, -0.2) is 0 Å². The monoisotopic (exact) mass is 253 g/mol. The van der Waals surface area contributed by atoms with Gasteiger partial charge in [0.2, 0.25) is 0 Å². The number of ether oxygens (including phenoxy) is 1. The van der Waals surface area contributed by atoms with Crippen LogP contribution in [0.5, 0.6) is 0 Å². The van der Waals surface area contributed by atoms with Gasteiger partial charge in [0.15, 0.2) is 0 Å². The Morgan fingerprint density at radius 3 is 2.88 bits per heavy atom. The van der Waals surface area contributed by atoms with Gasteiger partial charge >= 0.3 is 0 Å². The van der Waals surface area contributed by atoms with Gasteiger partial charge in [-0.2, -0.15) is 0 Å². The minimum atomic E-state index is 0.00727. The fourth-order valence-corrected chi connectivity index (χ4v) is 2.02. The van der Waals surface area contributed by atoms with E-state index in [9.17, 15) is 4.79 Å². The summed E-state index contributed by atoms with van der Waals surface area (Å²) in [6.07, 6.45) is 0. The second kappa shape index (κ2) is 5.07. The van der Waals surface area contributed by atoms with E-state index in [4.69, 9.17) is 16.3 Å². The first-order chi connectivity index (χ1) is 8.13. The molecule has 0 radical (unpaired) electrons. The van der Waals surface area contributed by atoms with E-state index in [0.29, 0.717) is 24.7 Å². The highest BCUT2D eigenvalue weighted by Gasteiger charge is 2.19. The van der Waals surface area contributed by atoms with Crippen LogP contribution in [-0.4, -0.2) is 29.8 Å². The Bertz CT molecular complexity index is 433. The molecule has 1 aromatic rings. The second-order valence-electron chi connectivity index (χ2n) is 4.40. The molecule has 1 heterocycles. The van der Waals surface area contributed by atoms with E-state index in [2.05, 4.69) is 0 Å². The molecule has 0 N–H and O–H groups in total. The van der Waals surface area contributed by atoms with E-state index in [1.807, 2.05) is 25.1 Å². The number of hydrogen-bond donors (Lipinski definition) is 0. The number of carbonyl (C=O) groups is 1. The van der Waals surface area contributed by atoms with Crippen molar-refractivity contribution >= 4 is 17.5 Å². The molecule has 0 aliphatic carbocycles. The molecule has 1 aromatic carbocycles. The van der Waals surface area contributed by atoms with Crippen molar-refractivity contribution in [1.29, 1.82) is 0 Å². The average Bonchev–Trinajstić information content (AvgIpc) is 2.83. The number of benzene rings is 1. The summed E-state index contributed by atoms with van der Waals surface area (Å²) in [5.41, 5.74) is 2.99. The molecule has 0 saturated heterocycles. The van der Waals surface area contributed by atoms with Crippen LogP contribution in [0.15, 0.2) is 18.2 Å². The second-order valence-corrected chi connectivity index (χ2v) is 4.70. The third kappa shape index (κ3) is 2.45. The van der Waals surface area contributed by atoms with Gasteiger partial charge in [-0.05, 0) is 30.2 Å². The third-order valence-corrected chi connectivity index (χ3v) is 3.62. The zero-order valence-corrected chi connectivity index (χ0v) is 10.8. The van der Waals surface area contributed by atoms with Crippen LogP contribution in [0.4, 0.5) is 0 Å². The molecule has 1 aliphatic rings. The number of alkyl halides is 1. The molecule has 2 rings (SSSR count). The van der Waals surface area contributed by atoms with Crippen LogP contribution in [0.2, 0.25) is 0 Å². The number of nitrogens with zero attached hydrogens (tertiary/aromatic N) is 1. The lowest BCUT2D eigenvalue weighted by Crippen LogP contribution is -2.36. The Labute approximate surface area is 106 Å². The Hall–Kier alpha value is -1.06. The summed E-state index contributed by atoms with van der Waals surface area (Å²) in [5.74, 6) is 0.448. The van der Waals surface area contributed by atoms with Crippen LogP contribution < -0.4 is 0 Å². The maximum atomic E-state index is 12.2. The van der Waals surface area contributed by atoms with Gasteiger partial charge in [0.1, 0.15) is 0 Å². The number of halogens is 1. The summed E-state index contributed by atoms with van der Waals surface area (Å²) in [4.78, 5) is 13.8. The van der Waals surface area contributed by atoms with Gasteiger partial charge in [-0.1, -0.05) is 6.07 Å². The van der Waals surface area contributed by atoms with Crippen LogP contribution in [0.25, 0.3) is 0 Å². The van der Waals surface area contributed by atoms with Crippen LogP contribution in [0, 0.1) is 0 Å². The molecule has 3 nitrogen and oxygen atoms in total. The van der Waals surface area contributed by atoms with Crippen LogP contribution in [0.3, 0.4) is 0 Å². The lowest BCUT2D eigenvalue weighted by molar-refractivity contribution is 0.0756. The molecule has 1 unspecified atom stereocenters. The quantitative estimate of drug-likeness (QED) is 0.775. The van der Waals surface area contributed by atoms with E-state index >= 15 is 0 Å². The topological polar surface area (TPSA) is 29.5 Å². The minimum Gasteiger partial charge on any atom is -0.372 e. The van der Waals surface area contributed by atoms with Gasteiger partial charge in [0.25, 0.3) is 5.91 Å². The summed E-state index contributed by atoms with van der Waals surface area (Å²) in [7, 11) is 1.78. The normalized spacial score (nSPS) is 15.5. The Balaban J connectivity index is 2.20. The van der Waals surface area contributed by atoms with E-state index < -0.39 is 0 Å². The molecule has 0 bridgehead atoms. The minimum absolute atomic E-state index is 0.00727. The highest BCUT2D eigenvalue weighted by molar-refractivity contribution is 6.18. The first-order valence-corrected chi connectivity index (χ1v) is 6.19. The first-order valence-electron chi connectivity index (χ1n) is 5.66. The zero-order chi connectivity index (χ0) is 12.4. The van der Waals surface area contributed by atoms with E-state index in [-0.39, 0.29) is 11.9 Å². The van der Waals surface area contributed by atoms with Crippen molar-refractivity contribution in [3.8, 4) is 0 Å². The van der Waals surface area contributed by atoms with E-state index in [1.165, 1.54) is 5.56 Å². The summed E-state index contributed by atoms with van der Waals surface area (Å²) >= 11 is 5.76.